The Morgan fingerprint density at radius 2 is 2.00 bits per heavy atom. The second kappa shape index (κ2) is 7.51. The van der Waals surface area contributed by atoms with Crippen molar-refractivity contribution in [3.63, 3.8) is 0 Å². The summed E-state index contributed by atoms with van der Waals surface area (Å²) in [6, 6.07) is -0.103. The van der Waals surface area contributed by atoms with E-state index in [2.05, 4.69) is 33.0 Å². The van der Waals surface area contributed by atoms with Crippen molar-refractivity contribution in [1.82, 2.24) is 10.2 Å². The number of unbranched alkanes of at least 4 members (excludes halogenated alkanes) is 1. The molecule has 1 heterocycles. The molecule has 0 bridgehead atoms. The predicted octanol–water partition coefficient (Wildman–Crippen LogP) is 2.33. The maximum absolute atomic E-state index is 12.5. The molecule has 19 heavy (non-hydrogen) atoms. The van der Waals surface area contributed by atoms with Crippen LogP contribution in [0.2, 0.25) is 0 Å². The average Bonchev–Trinajstić information content (AvgIpc) is 2.46. The first-order chi connectivity index (χ1) is 8.95. The molecule has 2 amide bonds. The van der Waals surface area contributed by atoms with E-state index in [-0.39, 0.29) is 23.9 Å². The highest BCUT2D eigenvalue weighted by Crippen LogP contribution is 2.16. The van der Waals surface area contributed by atoms with Crippen molar-refractivity contribution in [1.29, 1.82) is 0 Å². The van der Waals surface area contributed by atoms with Crippen LogP contribution in [0.4, 0.5) is 0 Å². The van der Waals surface area contributed by atoms with Gasteiger partial charge in [0.05, 0.1) is 0 Å². The van der Waals surface area contributed by atoms with Crippen molar-refractivity contribution in [3.8, 4) is 0 Å². The van der Waals surface area contributed by atoms with Gasteiger partial charge in [-0.2, -0.15) is 0 Å². The molecule has 0 spiro atoms. The summed E-state index contributed by atoms with van der Waals surface area (Å²) in [5.41, 5.74) is 0. The molecule has 0 aromatic carbocycles. The molecule has 0 aromatic heterocycles. The Bertz CT molecular complexity index is 315. The number of amides is 2. The quantitative estimate of drug-likeness (QED) is 0.803. The molecule has 1 aliphatic rings. The average molecular weight is 268 g/mol. The van der Waals surface area contributed by atoms with Gasteiger partial charge < -0.3 is 10.2 Å². The van der Waals surface area contributed by atoms with Gasteiger partial charge in [-0.25, -0.2) is 0 Å². The summed E-state index contributed by atoms with van der Waals surface area (Å²) in [6.45, 7) is 8.97. The van der Waals surface area contributed by atoms with Gasteiger partial charge in [0, 0.05) is 19.0 Å². The van der Waals surface area contributed by atoms with Crippen molar-refractivity contribution in [3.05, 3.63) is 0 Å². The van der Waals surface area contributed by atoms with Gasteiger partial charge in [-0.05, 0) is 25.7 Å². The summed E-state index contributed by atoms with van der Waals surface area (Å²) < 4.78 is 0. The van der Waals surface area contributed by atoms with Gasteiger partial charge in [0.25, 0.3) is 0 Å². The molecular weight excluding hydrogens is 240 g/mol. The van der Waals surface area contributed by atoms with E-state index in [4.69, 9.17) is 0 Å². The Morgan fingerprint density at radius 1 is 1.32 bits per heavy atom. The highest BCUT2D eigenvalue weighted by Gasteiger charge is 2.32. The van der Waals surface area contributed by atoms with E-state index in [1.807, 2.05) is 4.90 Å². The number of carbonyl (C=O) groups excluding carboxylic acids is 2. The number of carbonyl (C=O) groups is 2. The Balaban J connectivity index is 2.74. The van der Waals surface area contributed by atoms with Crippen LogP contribution in [0.15, 0.2) is 0 Å². The zero-order valence-electron chi connectivity index (χ0n) is 12.7. The van der Waals surface area contributed by atoms with E-state index in [0.717, 1.165) is 25.7 Å². The molecule has 0 saturated carbocycles. The van der Waals surface area contributed by atoms with Crippen LogP contribution < -0.4 is 5.32 Å². The Morgan fingerprint density at radius 3 is 2.58 bits per heavy atom. The summed E-state index contributed by atoms with van der Waals surface area (Å²) in [4.78, 5) is 26.2. The van der Waals surface area contributed by atoms with Gasteiger partial charge in [0.2, 0.25) is 11.8 Å². The number of hydrogen-bond acceptors (Lipinski definition) is 2. The van der Waals surface area contributed by atoms with E-state index < -0.39 is 0 Å². The molecule has 1 fully saturated rings. The van der Waals surface area contributed by atoms with Crippen LogP contribution in [0.1, 0.15) is 59.8 Å². The van der Waals surface area contributed by atoms with Gasteiger partial charge >= 0.3 is 0 Å². The summed E-state index contributed by atoms with van der Waals surface area (Å²) in [5, 5.41) is 2.87. The van der Waals surface area contributed by atoms with E-state index in [9.17, 15) is 9.59 Å². The van der Waals surface area contributed by atoms with Crippen molar-refractivity contribution < 1.29 is 9.59 Å². The molecule has 0 radical (unpaired) electrons. The van der Waals surface area contributed by atoms with Crippen molar-refractivity contribution in [2.24, 2.45) is 5.92 Å². The molecule has 4 nitrogen and oxygen atoms in total. The number of hydrogen-bond donors (Lipinski definition) is 1. The van der Waals surface area contributed by atoms with Gasteiger partial charge in [-0.3, -0.25) is 9.59 Å². The van der Waals surface area contributed by atoms with Gasteiger partial charge in [0.1, 0.15) is 6.04 Å². The fourth-order valence-electron chi connectivity index (χ4n) is 2.58. The van der Waals surface area contributed by atoms with E-state index in [1.165, 1.54) is 0 Å². The lowest BCUT2D eigenvalue weighted by atomic mass is 10.0. The maximum atomic E-state index is 12.5. The Kier molecular flexibility index (Phi) is 6.32. The third-order valence-corrected chi connectivity index (χ3v) is 3.71. The first-order valence-electron chi connectivity index (χ1n) is 7.55. The Labute approximate surface area is 116 Å². The van der Waals surface area contributed by atoms with Crippen molar-refractivity contribution >= 4 is 11.8 Å². The number of nitrogens with one attached hydrogen (secondary N) is 1. The first kappa shape index (κ1) is 16.0. The van der Waals surface area contributed by atoms with E-state index in [0.29, 0.717) is 18.9 Å². The smallest absolute Gasteiger partial charge is 0.245 e. The minimum Gasteiger partial charge on any atom is -0.344 e. The van der Waals surface area contributed by atoms with E-state index >= 15 is 0 Å². The zero-order chi connectivity index (χ0) is 14.4. The topological polar surface area (TPSA) is 49.4 Å². The minimum absolute atomic E-state index is 0.00388. The summed E-state index contributed by atoms with van der Waals surface area (Å²) >= 11 is 0. The van der Waals surface area contributed by atoms with Crippen molar-refractivity contribution in [2.45, 2.75) is 71.9 Å². The molecule has 4 heteroatoms. The Hall–Kier alpha value is -1.06. The number of rotatable bonds is 6. The van der Waals surface area contributed by atoms with Crippen LogP contribution in [0.5, 0.6) is 0 Å². The molecule has 110 valence electrons. The molecule has 1 N–H and O–H groups in total. The van der Waals surface area contributed by atoms with E-state index in [1.54, 1.807) is 0 Å². The minimum atomic E-state index is -0.334. The first-order valence-corrected chi connectivity index (χ1v) is 7.55. The second-order valence-electron chi connectivity index (χ2n) is 6.02. The molecule has 2 unspecified atom stereocenters. The normalized spacial score (nSPS) is 22.4. The molecule has 1 aliphatic heterocycles. The monoisotopic (exact) mass is 268 g/mol. The van der Waals surface area contributed by atoms with Crippen LogP contribution in [-0.4, -0.2) is 35.3 Å². The zero-order valence-corrected chi connectivity index (χ0v) is 12.7. The lowest BCUT2D eigenvalue weighted by Crippen LogP contribution is -2.48. The fraction of sp³-hybridized carbons (Fsp3) is 0.867. The number of nitrogens with zero attached hydrogens (tertiary/aromatic N) is 1. The molecule has 2 atom stereocenters. The molecular formula is C15H28N2O2. The molecule has 0 aromatic rings. The highest BCUT2D eigenvalue weighted by molar-refractivity contribution is 5.90. The highest BCUT2D eigenvalue weighted by atomic mass is 16.2. The van der Waals surface area contributed by atoms with Crippen LogP contribution in [0.25, 0.3) is 0 Å². The predicted molar refractivity (Wildman–Crippen MR) is 76.7 cm³/mol. The third kappa shape index (κ3) is 4.84. The SMILES string of the molecule is CCCCC(C)N1CCC(=O)NC(CC(C)C)C1=O. The summed E-state index contributed by atoms with van der Waals surface area (Å²) in [7, 11) is 0. The van der Waals surface area contributed by atoms with Gasteiger partial charge in [-0.15, -0.1) is 0 Å². The fourth-order valence-corrected chi connectivity index (χ4v) is 2.58. The lowest BCUT2D eigenvalue weighted by Gasteiger charge is -2.30. The van der Waals surface area contributed by atoms with Crippen LogP contribution in [-0.2, 0) is 9.59 Å². The van der Waals surface area contributed by atoms with Gasteiger partial charge in [-0.1, -0.05) is 33.6 Å². The van der Waals surface area contributed by atoms with Crippen LogP contribution in [0, 0.1) is 5.92 Å². The lowest BCUT2D eigenvalue weighted by molar-refractivity contribution is -0.135. The maximum Gasteiger partial charge on any atom is 0.245 e. The van der Waals surface area contributed by atoms with Crippen molar-refractivity contribution in [2.75, 3.05) is 6.54 Å². The van der Waals surface area contributed by atoms with Crippen LogP contribution >= 0.6 is 0 Å². The van der Waals surface area contributed by atoms with Gasteiger partial charge in [0.15, 0.2) is 0 Å². The third-order valence-electron chi connectivity index (χ3n) is 3.71. The molecule has 1 saturated heterocycles. The molecule has 1 rings (SSSR count). The largest absolute Gasteiger partial charge is 0.344 e. The summed E-state index contributed by atoms with van der Waals surface area (Å²) in [6.07, 6.45) is 4.43. The standard InChI is InChI=1S/C15H28N2O2/c1-5-6-7-12(4)17-9-8-14(18)16-13(15(17)19)10-11(2)3/h11-13H,5-10H2,1-4H3,(H,16,18). The second-order valence-corrected chi connectivity index (χ2v) is 6.02. The summed E-state index contributed by atoms with van der Waals surface area (Å²) in [5.74, 6) is 0.507. The molecule has 0 aliphatic carbocycles. The van der Waals surface area contributed by atoms with Crippen LogP contribution in [0.3, 0.4) is 0 Å².